The fourth-order valence-corrected chi connectivity index (χ4v) is 4.64. The minimum Gasteiger partial charge on any atom is -0.322 e. The van der Waals surface area contributed by atoms with Crippen molar-refractivity contribution >= 4 is 17.7 Å². The molecule has 0 bridgehead atoms. The van der Waals surface area contributed by atoms with Gasteiger partial charge >= 0.3 is 0 Å². The zero-order chi connectivity index (χ0) is 20.4. The molecule has 1 aromatic carbocycles. The Morgan fingerprint density at radius 2 is 2.07 bits per heavy atom. The number of piperidine rings is 1. The SMILES string of the molecule is CCCC[C@H]1CN(Cc2ccc3c(c2)C(=O)N(C2CCC(=O)NC2=O)C3)CCN1. The number of carbonyl (C=O) groups excluding carboxylic acids is 3. The Labute approximate surface area is 171 Å². The van der Waals surface area contributed by atoms with Crippen molar-refractivity contribution in [2.45, 2.75) is 64.2 Å². The van der Waals surface area contributed by atoms with Crippen molar-refractivity contribution in [1.82, 2.24) is 20.4 Å². The lowest BCUT2D eigenvalue weighted by atomic mass is 10.0. The minimum absolute atomic E-state index is 0.0996. The van der Waals surface area contributed by atoms with Gasteiger partial charge in [-0.3, -0.25) is 24.6 Å². The van der Waals surface area contributed by atoms with Crippen LogP contribution in [0.25, 0.3) is 0 Å². The summed E-state index contributed by atoms with van der Waals surface area (Å²) in [7, 11) is 0. The van der Waals surface area contributed by atoms with Crippen molar-refractivity contribution < 1.29 is 14.4 Å². The van der Waals surface area contributed by atoms with Crippen molar-refractivity contribution in [2.75, 3.05) is 19.6 Å². The number of nitrogens with zero attached hydrogens (tertiary/aromatic N) is 2. The van der Waals surface area contributed by atoms with E-state index in [1.54, 1.807) is 4.90 Å². The highest BCUT2D eigenvalue weighted by atomic mass is 16.2. The van der Waals surface area contributed by atoms with Gasteiger partial charge in [0.2, 0.25) is 11.8 Å². The molecule has 7 nitrogen and oxygen atoms in total. The summed E-state index contributed by atoms with van der Waals surface area (Å²) in [6.45, 7) is 6.54. The number of amides is 3. The number of piperazine rings is 1. The Morgan fingerprint density at radius 1 is 1.21 bits per heavy atom. The topological polar surface area (TPSA) is 81.8 Å². The van der Waals surface area contributed by atoms with Crippen LogP contribution >= 0.6 is 0 Å². The van der Waals surface area contributed by atoms with Gasteiger partial charge in [0.1, 0.15) is 6.04 Å². The number of hydrogen-bond donors (Lipinski definition) is 2. The van der Waals surface area contributed by atoms with E-state index in [2.05, 4.69) is 28.5 Å². The first-order valence-electron chi connectivity index (χ1n) is 10.8. The summed E-state index contributed by atoms with van der Waals surface area (Å²) in [4.78, 5) is 40.6. The van der Waals surface area contributed by atoms with E-state index in [0.29, 0.717) is 24.6 Å². The van der Waals surface area contributed by atoms with Crippen LogP contribution in [0, 0.1) is 0 Å². The number of hydrogen-bond acceptors (Lipinski definition) is 5. The van der Waals surface area contributed by atoms with Crippen molar-refractivity contribution in [1.29, 1.82) is 0 Å². The summed E-state index contributed by atoms with van der Waals surface area (Å²) in [6, 6.07) is 6.10. The lowest BCUT2D eigenvalue weighted by Crippen LogP contribution is -2.52. The molecule has 3 heterocycles. The molecule has 7 heteroatoms. The molecular weight excluding hydrogens is 368 g/mol. The molecule has 3 aliphatic rings. The first-order valence-corrected chi connectivity index (χ1v) is 10.8. The van der Waals surface area contributed by atoms with Gasteiger partial charge in [0, 0.05) is 50.7 Å². The molecule has 2 saturated heterocycles. The number of imide groups is 1. The average molecular weight is 399 g/mol. The highest BCUT2D eigenvalue weighted by molar-refractivity contribution is 6.05. The van der Waals surface area contributed by atoms with Crippen LogP contribution in [0.5, 0.6) is 0 Å². The number of rotatable bonds is 6. The van der Waals surface area contributed by atoms with Crippen LogP contribution < -0.4 is 10.6 Å². The molecule has 0 aliphatic carbocycles. The van der Waals surface area contributed by atoms with Crippen LogP contribution in [0.3, 0.4) is 0 Å². The maximum atomic E-state index is 13.0. The maximum Gasteiger partial charge on any atom is 0.255 e. The van der Waals surface area contributed by atoms with Gasteiger partial charge < -0.3 is 10.2 Å². The standard InChI is InChI=1S/C22H30N4O3/c1-2-3-4-17-14-25(10-9-23-17)12-15-5-6-16-13-26(22(29)18(16)11-15)19-7-8-20(27)24-21(19)28/h5-6,11,17,19,23H,2-4,7-10,12-14H2,1H3,(H,24,27,28)/t17-,19?/m0/s1. The first-order chi connectivity index (χ1) is 14.0. The molecule has 156 valence electrons. The van der Waals surface area contributed by atoms with Gasteiger partial charge in [0.05, 0.1) is 0 Å². The number of benzene rings is 1. The van der Waals surface area contributed by atoms with Gasteiger partial charge in [0.15, 0.2) is 0 Å². The minimum atomic E-state index is -0.552. The summed E-state index contributed by atoms with van der Waals surface area (Å²) in [6.07, 6.45) is 4.35. The maximum absolute atomic E-state index is 13.0. The van der Waals surface area contributed by atoms with E-state index in [-0.39, 0.29) is 24.1 Å². The van der Waals surface area contributed by atoms with Gasteiger partial charge in [-0.05, 0) is 30.0 Å². The lowest BCUT2D eigenvalue weighted by molar-refractivity contribution is -0.136. The molecule has 4 rings (SSSR count). The molecule has 2 atom stereocenters. The Kier molecular flexibility index (Phi) is 5.96. The van der Waals surface area contributed by atoms with E-state index in [4.69, 9.17) is 0 Å². The fraction of sp³-hybridized carbons (Fsp3) is 0.591. The van der Waals surface area contributed by atoms with Crippen molar-refractivity contribution in [3.8, 4) is 0 Å². The molecule has 0 aromatic heterocycles. The number of carbonyl (C=O) groups is 3. The molecule has 0 radical (unpaired) electrons. The second kappa shape index (κ2) is 8.63. The van der Waals surface area contributed by atoms with Gasteiger partial charge in [-0.15, -0.1) is 0 Å². The van der Waals surface area contributed by atoms with E-state index >= 15 is 0 Å². The third kappa shape index (κ3) is 4.36. The van der Waals surface area contributed by atoms with E-state index in [0.717, 1.165) is 37.3 Å². The number of fused-ring (bicyclic) bond motifs is 1. The number of unbranched alkanes of at least 4 members (excludes halogenated alkanes) is 1. The van der Waals surface area contributed by atoms with Crippen LogP contribution in [0.15, 0.2) is 18.2 Å². The van der Waals surface area contributed by atoms with E-state index in [9.17, 15) is 14.4 Å². The summed E-state index contributed by atoms with van der Waals surface area (Å²) in [5.41, 5.74) is 2.80. The van der Waals surface area contributed by atoms with E-state index < -0.39 is 6.04 Å². The van der Waals surface area contributed by atoms with Crippen LogP contribution in [0.1, 0.15) is 60.5 Å². The molecular formula is C22H30N4O3. The molecule has 1 aromatic rings. The summed E-state index contributed by atoms with van der Waals surface area (Å²) in [5, 5.41) is 5.96. The van der Waals surface area contributed by atoms with Crippen molar-refractivity contribution in [2.24, 2.45) is 0 Å². The Hall–Kier alpha value is -2.25. The van der Waals surface area contributed by atoms with Crippen LogP contribution in [-0.2, 0) is 22.7 Å². The van der Waals surface area contributed by atoms with Gasteiger partial charge in [0.25, 0.3) is 5.91 Å². The number of nitrogens with one attached hydrogen (secondary N) is 2. The summed E-state index contributed by atoms with van der Waals surface area (Å²) < 4.78 is 0. The van der Waals surface area contributed by atoms with Crippen molar-refractivity contribution in [3.05, 3.63) is 34.9 Å². The smallest absolute Gasteiger partial charge is 0.255 e. The van der Waals surface area contributed by atoms with E-state index in [1.807, 2.05) is 12.1 Å². The van der Waals surface area contributed by atoms with E-state index in [1.165, 1.54) is 19.3 Å². The molecule has 2 N–H and O–H groups in total. The molecule has 0 spiro atoms. The first kappa shape index (κ1) is 20.0. The van der Waals surface area contributed by atoms with Gasteiger partial charge in [-0.2, -0.15) is 0 Å². The monoisotopic (exact) mass is 398 g/mol. The quantitative estimate of drug-likeness (QED) is 0.708. The predicted octanol–water partition coefficient (Wildman–Crippen LogP) is 1.41. The van der Waals surface area contributed by atoms with Crippen LogP contribution in [0.4, 0.5) is 0 Å². The van der Waals surface area contributed by atoms with Crippen molar-refractivity contribution in [3.63, 3.8) is 0 Å². The Morgan fingerprint density at radius 3 is 2.86 bits per heavy atom. The van der Waals surface area contributed by atoms with Gasteiger partial charge in [-0.25, -0.2) is 0 Å². The third-order valence-electron chi connectivity index (χ3n) is 6.24. The second-order valence-corrected chi connectivity index (χ2v) is 8.42. The van der Waals surface area contributed by atoms with Crippen LogP contribution in [-0.4, -0.2) is 59.2 Å². The zero-order valence-corrected chi connectivity index (χ0v) is 17.1. The molecule has 3 aliphatic heterocycles. The van der Waals surface area contributed by atoms with Crippen LogP contribution in [0.2, 0.25) is 0 Å². The molecule has 3 amide bonds. The molecule has 2 fully saturated rings. The van der Waals surface area contributed by atoms with Gasteiger partial charge in [-0.1, -0.05) is 31.9 Å². The largest absolute Gasteiger partial charge is 0.322 e. The molecule has 1 unspecified atom stereocenters. The summed E-state index contributed by atoms with van der Waals surface area (Å²) in [5.74, 6) is -0.718. The third-order valence-corrected chi connectivity index (χ3v) is 6.24. The normalized spacial score (nSPS) is 25.3. The Balaban J connectivity index is 1.41. The Bertz CT molecular complexity index is 809. The highest BCUT2D eigenvalue weighted by Gasteiger charge is 2.39. The average Bonchev–Trinajstić information content (AvgIpc) is 3.03. The predicted molar refractivity (Wildman–Crippen MR) is 109 cm³/mol. The molecule has 0 saturated carbocycles. The molecule has 29 heavy (non-hydrogen) atoms. The zero-order valence-electron chi connectivity index (χ0n) is 17.1. The highest BCUT2D eigenvalue weighted by Crippen LogP contribution is 2.28. The fourth-order valence-electron chi connectivity index (χ4n) is 4.64. The summed E-state index contributed by atoms with van der Waals surface area (Å²) >= 11 is 0. The lowest BCUT2D eigenvalue weighted by Gasteiger charge is -2.33. The second-order valence-electron chi connectivity index (χ2n) is 8.42.